The average molecular weight is 398 g/mol. The molecule has 4 rings (SSSR count). The second-order valence-electron chi connectivity index (χ2n) is 6.97. The molecular formula is C24H22N4O2. The first-order valence-corrected chi connectivity index (χ1v) is 9.72. The molecule has 1 aliphatic rings. The molecule has 3 amide bonds. The number of benzene rings is 3. The zero-order valence-corrected chi connectivity index (χ0v) is 16.6. The maximum absolute atomic E-state index is 13.1. The fraction of sp³-hybridized carbons (Fsp3) is 0.125. The van der Waals surface area contributed by atoms with Crippen LogP contribution in [0.3, 0.4) is 0 Å². The van der Waals surface area contributed by atoms with Crippen molar-refractivity contribution in [1.29, 1.82) is 0 Å². The van der Waals surface area contributed by atoms with Crippen LogP contribution in [0.2, 0.25) is 0 Å². The van der Waals surface area contributed by atoms with Crippen LogP contribution in [-0.4, -0.2) is 30.9 Å². The number of fused-ring (bicyclic) bond motifs is 1. The minimum Gasteiger partial charge on any atom is -0.334 e. The van der Waals surface area contributed by atoms with Crippen LogP contribution in [0.4, 0.5) is 10.5 Å². The summed E-state index contributed by atoms with van der Waals surface area (Å²) in [5.74, 6) is -0.303. The summed E-state index contributed by atoms with van der Waals surface area (Å²) < 4.78 is 0. The third-order valence-corrected chi connectivity index (χ3v) is 4.95. The van der Waals surface area contributed by atoms with Crippen molar-refractivity contribution in [1.82, 2.24) is 10.6 Å². The molecule has 6 nitrogen and oxygen atoms in total. The van der Waals surface area contributed by atoms with E-state index >= 15 is 0 Å². The predicted octanol–water partition coefficient (Wildman–Crippen LogP) is 3.33. The Labute approximate surface area is 175 Å². The minimum absolute atomic E-state index is 0.303. The molecule has 0 saturated heterocycles. The lowest BCUT2D eigenvalue weighted by atomic mass is 10.0. The molecule has 0 aromatic heterocycles. The number of likely N-dealkylation sites (N-methyl/N-ethyl adjacent to an activating group) is 1. The number of anilines is 1. The van der Waals surface area contributed by atoms with Crippen molar-refractivity contribution in [2.75, 3.05) is 11.9 Å². The lowest BCUT2D eigenvalue weighted by Gasteiger charge is -2.21. The number of para-hydroxylation sites is 1. The zero-order valence-electron chi connectivity index (χ0n) is 16.6. The molecule has 1 aliphatic heterocycles. The van der Waals surface area contributed by atoms with E-state index in [2.05, 4.69) is 15.6 Å². The molecule has 0 aliphatic carbocycles. The predicted molar refractivity (Wildman–Crippen MR) is 118 cm³/mol. The number of carbonyl (C=O) groups excluding carboxylic acids is 2. The molecule has 3 aromatic rings. The molecule has 0 unspecified atom stereocenters. The number of aliphatic imine (C=N–C) groups is 1. The van der Waals surface area contributed by atoms with E-state index in [0.29, 0.717) is 12.3 Å². The van der Waals surface area contributed by atoms with Gasteiger partial charge in [0.25, 0.3) is 5.91 Å². The van der Waals surface area contributed by atoms with Crippen molar-refractivity contribution in [3.8, 4) is 0 Å². The van der Waals surface area contributed by atoms with Crippen molar-refractivity contribution in [3.63, 3.8) is 0 Å². The van der Waals surface area contributed by atoms with E-state index in [1.165, 1.54) is 4.90 Å². The molecule has 0 radical (unpaired) electrons. The normalized spacial score (nSPS) is 15.6. The maximum atomic E-state index is 13.1. The van der Waals surface area contributed by atoms with E-state index in [0.717, 1.165) is 22.4 Å². The van der Waals surface area contributed by atoms with Crippen LogP contribution in [0.25, 0.3) is 0 Å². The Bertz CT molecular complexity index is 1080. The maximum Gasteiger partial charge on any atom is 0.317 e. The van der Waals surface area contributed by atoms with Gasteiger partial charge in [-0.25, -0.2) is 9.79 Å². The van der Waals surface area contributed by atoms with Gasteiger partial charge >= 0.3 is 6.03 Å². The van der Waals surface area contributed by atoms with Gasteiger partial charge in [0, 0.05) is 24.7 Å². The van der Waals surface area contributed by atoms with Crippen molar-refractivity contribution >= 4 is 23.3 Å². The molecule has 1 heterocycles. The first-order chi connectivity index (χ1) is 14.6. The fourth-order valence-electron chi connectivity index (χ4n) is 3.40. The Morgan fingerprint density at radius 1 is 0.933 bits per heavy atom. The van der Waals surface area contributed by atoms with E-state index in [1.54, 1.807) is 7.05 Å². The summed E-state index contributed by atoms with van der Waals surface area (Å²) in [6.45, 7) is 0.360. The van der Waals surface area contributed by atoms with Crippen LogP contribution >= 0.6 is 0 Å². The highest BCUT2D eigenvalue weighted by molar-refractivity contribution is 6.20. The largest absolute Gasteiger partial charge is 0.334 e. The van der Waals surface area contributed by atoms with Crippen LogP contribution in [-0.2, 0) is 11.3 Å². The Morgan fingerprint density at radius 3 is 2.30 bits per heavy atom. The van der Waals surface area contributed by atoms with E-state index in [-0.39, 0.29) is 5.91 Å². The molecule has 0 spiro atoms. The topological polar surface area (TPSA) is 73.8 Å². The van der Waals surface area contributed by atoms with Crippen molar-refractivity contribution < 1.29 is 9.59 Å². The molecule has 6 heteroatoms. The Morgan fingerprint density at radius 2 is 1.57 bits per heavy atom. The second kappa shape index (κ2) is 8.61. The number of amides is 3. The molecule has 0 bridgehead atoms. The van der Waals surface area contributed by atoms with Gasteiger partial charge in [0.1, 0.15) is 0 Å². The van der Waals surface area contributed by atoms with E-state index < -0.39 is 12.2 Å². The summed E-state index contributed by atoms with van der Waals surface area (Å²) in [6, 6.07) is 26.4. The van der Waals surface area contributed by atoms with Gasteiger partial charge in [-0.1, -0.05) is 78.9 Å². The SMILES string of the molecule is CN1C(=O)[C@H](NC(=O)NCc2ccccc2)N=C(c2ccccc2)c2ccccc21. The second-order valence-corrected chi connectivity index (χ2v) is 6.97. The number of hydrogen-bond donors (Lipinski definition) is 2. The van der Waals surface area contributed by atoms with Crippen molar-refractivity contribution in [2.24, 2.45) is 4.99 Å². The summed E-state index contributed by atoms with van der Waals surface area (Å²) in [7, 11) is 1.70. The van der Waals surface area contributed by atoms with Crippen LogP contribution in [0.15, 0.2) is 89.9 Å². The van der Waals surface area contributed by atoms with Crippen LogP contribution < -0.4 is 15.5 Å². The highest BCUT2D eigenvalue weighted by Crippen LogP contribution is 2.27. The molecule has 0 fully saturated rings. The van der Waals surface area contributed by atoms with Crippen LogP contribution in [0.5, 0.6) is 0 Å². The lowest BCUT2D eigenvalue weighted by molar-refractivity contribution is -0.119. The van der Waals surface area contributed by atoms with Crippen molar-refractivity contribution in [2.45, 2.75) is 12.7 Å². The van der Waals surface area contributed by atoms with Gasteiger partial charge in [0.15, 0.2) is 0 Å². The first-order valence-electron chi connectivity index (χ1n) is 9.72. The standard InChI is InChI=1S/C24H22N4O2/c1-28-20-15-9-8-14-19(20)21(18-12-6-3-7-13-18)26-22(23(28)29)27-24(30)25-16-17-10-4-2-5-11-17/h2-15,22H,16H2,1H3,(H2,25,27,30)/t22-/m0/s1. The summed E-state index contributed by atoms with van der Waals surface area (Å²) in [5.41, 5.74) is 4.10. The van der Waals surface area contributed by atoms with Crippen LogP contribution in [0.1, 0.15) is 16.7 Å². The Hall–Kier alpha value is -3.93. The van der Waals surface area contributed by atoms with E-state index in [9.17, 15) is 9.59 Å². The van der Waals surface area contributed by atoms with Gasteiger partial charge in [0.2, 0.25) is 6.17 Å². The number of hydrogen-bond acceptors (Lipinski definition) is 3. The molecule has 3 aromatic carbocycles. The number of urea groups is 1. The monoisotopic (exact) mass is 398 g/mol. The third-order valence-electron chi connectivity index (χ3n) is 4.95. The number of rotatable bonds is 4. The molecule has 150 valence electrons. The van der Waals surface area contributed by atoms with Gasteiger partial charge < -0.3 is 15.5 Å². The number of nitrogens with zero attached hydrogens (tertiary/aromatic N) is 2. The molecule has 2 N–H and O–H groups in total. The number of nitrogens with one attached hydrogen (secondary N) is 2. The van der Waals surface area contributed by atoms with E-state index in [1.807, 2.05) is 84.9 Å². The summed E-state index contributed by atoms with van der Waals surface area (Å²) in [6.07, 6.45) is -1.03. The first kappa shape index (κ1) is 19.4. The summed E-state index contributed by atoms with van der Waals surface area (Å²) >= 11 is 0. The van der Waals surface area contributed by atoms with Gasteiger partial charge in [0.05, 0.1) is 11.4 Å². The lowest BCUT2D eigenvalue weighted by Crippen LogP contribution is -2.49. The molecule has 0 saturated carbocycles. The van der Waals surface area contributed by atoms with Gasteiger partial charge in [-0.05, 0) is 11.6 Å². The average Bonchev–Trinajstić information content (AvgIpc) is 2.90. The third kappa shape index (κ3) is 4.07. The van der Waals surface area contributed by atoms with Gasteiger partial charge in [-0.2, -0.15) is 0 Å². The zero-order chi connectivity index (χ0) is 20.9. The molecular weight excluding hydrogens is 376 g/mol. The van der Waals surface area contributed by atoms with Gasteiger partial charge in [-0.15, -0.1) is 0 Å². The van der Waals surface area contributed by atoms with Gasteiger partial charge in [-0.3, -0.25) is 4.79 Å². The summed E-state index contributed by atoms with van der Waals surface area (Å²) in [5, 5.41) is 5.50. The highest BCUT2D eigenvalue weighted by Gasteiger charge is 2.30. The molecule has 1 atom stereocenters. The number of carbonyl (C=O) groups is 2. The minimum atomic E-state index is -1.03. The Kier molecular flexibility index (Phi) is 5.57. The van der Waals surface area contributed by atoms with E-state index in [4.69, 9.17) is 0 Å². The Balaban J connectivity index is 1.62. The smallest absolute Gasteiger partial charge is 0.317 e. The molecule has 30 heavy (non-hydrogen) atoms. The van der Waals surface area contributed by atoms with Crippen molar-refractivity contribution in [3.05, 3.63) is 102 Å². The quantitative estimate of drug-likeness (QED) is 0.708. The number of benzodiazepines with no additional fused rings is 1. The van der Waals surface area contributed by atoms with Crippen LogP contribution in [0, 0.1) is 0 Å². The summed E-state index contributed by atoms with van der Waals surface area (Å²) in [4.78, 5) is 31.8. The highest BCUT2D eigenvalue weighted by atomic mass is 16.2. The fourth-order valence-corrected chi connectivity index (χ4v) is 3.40.